The van der Waals surface area contributed by atoms with Gasteiger partial charge in [0, 0.05) is 24.2 Å². The molecule has 1 saturated heterocycles. The number of carbonyl (C=O) groups is 1. The summed E-state index contributed by atoms with van der Waals surface area (Å²) >= 11 is 0. The maximum absolute atomic E-state index is 13.3. The Morgan fingerprint density at radius 1 is 1.21 bits per heavy atom. The topological polar surface area (TPSA) is 53.4 Å². The van der Waals surface area contributed by atoms with Crippen molar-refractivity contribution in [2.45, 2.75) is 51.6 Å². The van der Waals surface area contributed by atoms with Gasteiger partial charge in [-0.2, -0.15) is 0 Å². The van der Waals surface area contributed by atoms with E-state index < -0.39 is 0 Å². The first-order valence-electron chi connectivity index (χ1n) is 9.03. The largest absolute Gasteiger partial charge is 0.393 e. The van der Waals surface area contributed by atoms with Gasteiger partial charge in [0.2, 0.25) is 0 Å². The summed E-state index contributed by atoms with van der Waals surface area (Å²) in [5.41, 5.74) is 5.23. The molecule has 1 amide bonds. The van der Waals surface area contributed by atoms with Crippen LogP contribution < -0.4 is 0 Å². The second kappa shape index (κ2) is 6.17. The molecule has 0 unspecified atom stereocenters. The second-order valence-corrected chi connectivity index (χ2v) is 7.16. The zero-order valence-corrected chi connectivity index (χ0v) is 14.2. The highest BCUT2D eigenvalue weighted by Crippen LogP contribution is 2.31. The van der Waals surface area contributed by atoms with Gasteiger partial charge in [0.25, 0.3) is 5.91 Å². The molecule has 4 rings (SSSR count). The molecular formula is C20H24N2O2. The summed E-state index contributed by atoms with van der Waals surface area (Å²) in [6.07, 6.45) is 5.29. The van der Waals surface area contributed by atoms with Gasteiger partial charge < -0.3 is 10.0 Å². The van der Waals surface area contributed by atoms with Crippen molar-refractivity contribution in [3.63, 3.8) is 0 Å². The van der Waals surface area contributed by atoms with Crippen molar-refractivity contribution in [1.29, 1.82) is 0 Å². The van der Waals surface area contributed by atoms with Gasteiger partial charge in [-0.3, -0.25) is 9.78 Å². The fraction of sp³-hybridized carbons (Fsp3) is 0.500. The van der Waals surface area contributed by atoms with Gasteiger partial charge in [0.15, 0.2) is 0 Å². The van der Waals surface area contributed by atoms with Crippen LogP contribution in [0.5, 0.6) is 0 Å². The van der Waals surface area contributed by atoms with E-state index in [1.165, 1.54) is 0 Å². The number of aromatic nitrogens is 1. The number of nitrogens with zero attached hydrogens (tertiary/aromatic N) is 2. The minimum Gasteiger partial charge on any atom is -0.393 e. The molecule has 1 aliphatic heterocycles. The molecule has 0 saturated carbocycles. The highest BCUT2D eigenvalue weighted by atomic mass is 16.3. The Kier molecular flexibility index (Phi) is 4.01. The van der Waals surface area contributed by atoms with Gasteiger partial charge in [-0.25, -0.2) is 0 Å². The summed E-state index contributed by atoms with van der Waals surface area (Å²) in [5.74, 6) is 0.123. The Balaban J connectivity index is 1.85. The molecule has 1 N–H and O–H groups in total. The fourth-order valence-electron chi connectivity index (χ4n) is 4.01. The molecule has 1 aliphatic carbocycles. The van der Waals surface area contributed by atoms with Crippen LogP contribution in [0.4, 0.5) is 0 Å². The third-order valence-corrected chi connectivity index (χ3v) is 5.38. The monoisotopic (exact) mass is 324 g/mol. The Morgan fingerprint density at radius 3 is 2.75 bits per heavy atom. The first kappa shape index (κ1) is 15.6. The average molecular weight is 324 g/mol. The first-order chi connectivity index (χ1) is 11.6. The van der Waals surface area contributed by atoms with Gasteiger partial charge in [-0.15, -0.1) is 0 Å². The van der Waals surface area contributed by atoms with Crippen LogP contribution in [0.2, 0.25) is 0 Å². The number of hydrogen-bond donors (Lipinski definition) is 1. The van der Waals surface area contributed by atoms with Gasteiger partial charge in [-0.05, 0) is 63.1 Å². The number of amides is 1. The zero-order chi connectivity index (χ0) is 16.7. The van der Waals surface area contributed by atoms with Crippen molar-refractivity contribution in [1.82, 2.24) is 9.88 Å². The normalized spacial score (nSPS) is 18.7. The lowest BCUT2D eigenvalue weighted by Crippen LogP contribution is -2.40. The molecule has 2 aromatic rings. The molecule has 2 aliphatic rings. The molecule has 0 bridgehead atoms. The Labute approximate surface area is 142 Å². The fourth-order valence-corrected chi connectivity index (χ4v) is 4.01. The van der Waals surface area contributed by atoms with Crippen LogP contribution in [0.25, 0.3) is 10.9 Å². The second-order valence-electron chi connectivity index (χ2n) is 7.16. The van der Waals surface area contributed by atoms with E-state index in [9.17, 15) is 9.90 Å². The number of aliphatic hydroxyl groups is 1. The molecule has 4 heteroatoms. The van der Waals surface area contributed by atoms with Crippen molar-refractivity contribution in [2.75, 3.05) is 13.1 Å². The van der Waals surface area contributed by atoms with E-state index in [1.807, 2.05) is 11.0 Å². The lowest BCUT2D eigenvalue weighted by molar-refractivity contribution is 0.0547. The summed E-state index contributed by atoms with van der Waals surface area (Å²) < 4.78 is 0. The third kappa shape index (κ3) is 2.69. The summed E-state index contributed by atoms with van der Waals surface area (Å²) in [7, 11) is 0. The van der Waals surface area contributed by atoms with Crippen LogP contribution in [-0.2, 0) is 12.8 Å². The Bertz CT molecular complexity index is 792. The number of hydrogen-bond acceptors (Lipinski definition) is 3. The average Bonchev–Trinajstić information content (AvgIpc) is 2.60. The van der Waals surface area contributed by atoms with Crippen LogP contribution in [0.3, 0.4) is 0 Å². The first-order valence-corrected chi connectivity index (χ1v) is 9.03. The van der Waals surface area contributed by atoms with Gasteiger partial charge in [0.1, 0.15) is 0 Å². The van der Waals surface area contributed by atoms with Gasteiger partial charge in [-0.1, -0.05) is 11.6 Å². The Hall–Kier alpha value is -1.94. The SMILES string of the molecule is Cc1ccc2nc3c(c(C(=O)N4CCC(O)CC4)c2c1)CCCC3. The van der Waals surface area contributed by atoms with E-state index in [2.05, 4.69) is 19.1 Å². The maximum Gasteiger partial charge on any atom is 0.254 e. The van der Waals surface area contributed by atoms with Crippen LogP contribution >= 0.6 is 0 Å². The highest BCUT2D eigenvalue weighted by molar-refractivity contribution is 6.08. The van der Waals surface area contributed by atoms with E-state index in [4.69, 9.17) is 4.98 Å². The molecular weight excluding hydrogens is 300 g/mol. The van der Waals surface area contributed by atoms with E-state index >= 15 is 0 Å². The molecule has 4 nitrogen and oxygen atoms in total. The zero-order valence-electron chi connectivity index (χ0n) is 14.2. The number of benzene rings is 1. The summed E-state index contributed by atoms with van der Waals surface area (Å²) in [6, 6.07) is 6.20. The molecule has 126 valence electrons. The number of fused-ring (bicyclic) bond motifs is 2. The number of pyridine rings is 1. The smallest absolute Gasteiger partial charge is 0.254 e. The minimum absolute atomic E-state index is 0.123. The van der Waals surface area contributed by atoms with Crippen LogP contribution in [0.1, 0.15) is 52.9 Å². The lowest BCUT2D eigenvalue weighted by atomic mass is 9.88. The molecule has 1 aromatic heterocycles. The quantitative estimate of drug-likeness (QED) is 0.877. The van der Waals surface area contributed by atoms with Crippen molar-refractivity contribution in [2.24, 2.45) is 0 Å². The lowest BCUT2D eigenvalue weighted by Gasteiger charge is -2.31. The number of aliphatic hydroxyl groups excluding tert-OH is 1. The molecule has 1 fully saturated rings. The highest BCUT2D eigenvalue weighted by Gasteiger charge is 2.28. The van der Waals surface area contributed by atoms with Crippen LogP contribution in [0, 0.1) is 6.92 Å². The maximum atomic E-state index is 13.3. The number of carbonyl (C=O) groups excluding carboxylic acids is 1. The summed E-state index contributed by atoms with van der Waals surface area (Å²) in [6.45, 7) is 3.35. The van der Waals surface area contributed by atoms with E-state index in [0.717, 1.165) is 59.0 Å². The molecule has 0 spiro atoms. The minimum atomic E-state index is -0.264. The van der Waals surface area contributed by atoms with Gasteiger partial charge >= 0.3 is 0 Å². The molecule has 0 atom stereocenters. The summed E-state index contributed by atoms with van der Waals surface area (Å²) in [4.78, 5) is 20.1. The third-order valence-electron chi connectivity index (χ3n) is 5.38. The summed E-state index contributed by atoms with van der Waals surface area (Å²) in [5, 5.41) is 10.7. The van der Waals surface area contributed by atoms with Gasteiger partial charge in [0.05, 0.1) is 17.2 Å². The molecule has 0 radical (unpaired) electrons. The standard InChI is InChI=1S/C20H24N2O2/c1-13-6-7-18-16(12-13)19(15-4-2-3-5-17(15)21-18)20(24)22-10-8-14(23)9-11-22/h6-7,12,14,23H,2-5,8-11H2,1H3. The predicted molar refractivity (Wildman–Crippen MR) is 94.3 cm³/mol. The van der Waals surface area contributed by atoms with E-state index in [1.54, 1.807) is 0 Å². The number of likely N-dealkylation sites (tertiary alicyclic amines) is 1. The van der Waals surface area contributed by atoms with Crippen molar-refractivity contribution in [3.05, 3.63) is 40.6 Å². The predicted octanol–water partition coefficient (Wildman–Crippen LogP) is 3.02. The Morgan fingerprint density at radius 2 is 1.96 bits per heavy atom. The number of rotatable bonds is 1. The van der Waals surface area contributed by atoms with Crippen LogP contribution in [-0.4, -0.2) is 40.1 Å². The van der Waals surface area contributed by atoms with Crippen molar-refractivity contribution in [3.8, 4) is 0 Å². The molecule has 1 aromatic carbocycles. The number of piperidine rings is 1. The number of aryl methyl sites for hydroxylation is 2. The van der Waals surface area contributed by atoms with Crippen molar-refractivity contribution >= 4 is 16.8 Å². The van der Waals surface area contributed by atoms with E-state index in [-0.39, 0.29) is 12.0 Å². The van der Waals surface area contributed by atoms with Crippen molar-refractivity contribution < 1.29 is 9.90 Å². The molecule has 2 heterocycles. The van der Waals surface area contributed by atoms with E-state index in [0.29, 0.717) is 25.9 Å². The van der Waals surface area contributed by atoms with Crippen LogP contribution in [0.15, 0.2) is 18.2 Å². The molecule has 24 heavy (non-hydrogen) atoms.